The number of carbonyl (C=O) groups is 1. The quantitative estimate of drug-likeness (QED) is 0.856. The van der Waals surface area contributed by atoms with Crippen molar-refractivity contribution in [3.8, 4) is 0 Å². The molecule has 1 aromatic carbocycles. The van der Waals surface area contributed by atoms with Gasteiger partial charge in [-0.1, -0.05) is 0 Å². The van der Waals surface area contributed by atoms with Crippen LogP contribution in [-0.4, -0.2) is 20.9 Å². The topological polar surface area (TPSA) is 55.1 Å². The molecule has 20 heavy (non-hydrogen) atoms. The first-order valence-corrected chi connectivity index (χ1v) is 7.15. The Morgan fingerprint density at radius 1 is 1.45 bits per heavy atom. The number of thioether (sulfide) groups is 1. The Bertz CT molecular complexity index is 625. The van der Waals surface area contributed by atoms with Gasteiger partial charge in [-0.05, 0) is 38.1 Å². The Hall–Kier alpha value is -1.82. The van der Waals surface area contributed by atoms with Gasteiger partial charge in [-0.25, -0.2) is 9.18 Å². The molecule has 0 unspecified atom stereocenters. The molecule has 0 fully saturated rings. The van der Waals surface area contributed by atoms with Gasteiger partial charge in [-0.3, -0.25) is 4.68 Å². The van der Waals surface area contributed by atoms with Crippen molar-refractivity contribution in [1.82, 2.24) is 9.78 Å². The van der Waals surface area contributed by atoms with E-state index in [1.54, 1.807) is 0 Å². The third-order valence-electron chi connectivity index (χ3n) is 2.75. The minimum atomic E-state index is -1.06. The maximum Gasteiger partial charge on any atom is 0.335 e. The summed E-state index contributed by atoms with van der Waals surface area (Å²) in [7, 11) is 0. The number of carboxylic acids is 1. The minimum Gasteiger partial charge on any atom is -0.478 e. The van der Waals surface area contributed by atoms with E-state index in [1.165, 1.54) is 30.0 Å². The second kappa shape index (κ2) is 6.09. The van der Waals surface area contributed by atoms with Crippen molar-refractivity contribution in [2.75, 3.05) is 0 Å². The van der Waals surface area contributed by atoms with E-state index in [9.17, 15) is 9.18 Å². The zero-order chi connectivity index (χ0) is 14.7. The maximum absolute atomic E-state index is 13.6. The number of hydrogen-bond acceptors (Lipinski definition) is 3. The summed E-state index contributed by atoms with van der Waals surface area (Å²) in [6.45, 7) is 4.06. The van der Waals surface area contributed by atoms with Crippen molar-refractivity contribution in [1.29, 1.82) is 0 Å². The lowest BCUT2D eigenvalue weighted by atomic mass is 10.2. The number of rotatable bonds is 5. The first-order valence-electron chi connectivity index (χ1n) is 6.17. The van der Waals surface area contributed by atoms with Crippen LogP contribution in [0.3, 0.4) is 0 Å². The zero-order valence-corrected chi connectivity index (χ0v) is 12.0. The molecule has 0 amide bonds. The van der Waals surface area contributed by atoms with Crippen molar-refractivity contribution in [3.63, 3.8) is 0 Å². The van der Waals surface area contributed by atoms with Crippen LogP contribution in [0.1, 0.15) is 35.9 Å². The van der Waals surface area contributed by atoms with Crippen LogP contribution in [0.2, 0.25) is 0 Å². The van der Waals surface area contributed by atoms with Gasteiger partial charge < -0.3 is 5.11 Å². The highest BCUT2D eigenvalue weighted by Crippen LogP contribution is 2.26. The molecule has 0 aliphatic carbocycles. The number of hydrogen-bond donors (Lipinski definition) is 1. The summed E-state index contributed by atoms with van der Waals surface area (Å²) in [5.41, 5.74) is 0.922. The van der Waals surface area contributed by atoms with Gasteiger partial charge in [0.1, 0.15) is 5.82 Å². The second-order valence-corrected chi connectivity index (χ2v) is 5.64. The Balaban J connectivity index is 2.09. The van der Waals surface area contributed by atoms with E-state index in [2.05, 4.69) is 5.10 Å². The smallest absolute Gasteiger partial charge is 0.335 e. The number of aromatic carboxylic acids is 1. The molecular weight excluding hydrogens is 279 g/mol. The van der Waals surface area contributed by atoms with Crippen LogP contribution in [-0.2, 0) is 5.75 Å². The zero-order valence-electron chi connectivity index (χ0n) is 11.2. The Morgan fingerprint density at radius 2 is 2.20 bits per heavy atom. The SMILES string of the molecule is CC(C)n1ccc(CSc2cc(C(=O)O)ccc2F)n1. The van der Waals surface area contributed by atoms with Gasteiger partial charge in [-0.15, -0.1) is 11.8 Å². The summed E-state index contributed by atoms with van der Waals surface area (Å²) in [5.74, 6) is -0.973. The lowest BCUT2D eigenvalue weighted by Gasteiger charge is -2.05. The van der Waals surface area contributed by atoms with Crippen molar-refractivity contribution < 1.29 is 14.3 Å². The van der Waals surface area contributed by atoms with Crippen molar-refractivity contribution in [3.05, 3.63) is 47.5 Å². The molecule has 4 nitrogen and oxygen atoms in total. The molecule has 0 spiro atoms. The van der Waals surface area contributed by atoms with Crippen molar-refractivity contribution in [2.24, 2.45) is 0 Å². The lowest BCUT2D eigenvalue weighted by Crippen LogP contribution is -2.01. The van der Waals surface area contributed by atoms with Crippen LogP contribution >= 0.6 is 11.8 Å². The second-order valence-electron chi connectivity index (χ2n) is 4.62. The molecule has 0 aliphatic rings. The number of halogens is 1. The van der Waals surface area contributed by atoms with Crippen LogP contribution in [0.5, 0.6) is 0 Å². The van der Waals surface area contributed by atoms with Crippen molar-refractivity contribution in [2.45, 2.75) is 30.5 Å². The summed E-state index contributed by atoms with van der Waals surface area (Å²) in [4.78, 5) is 11.2. The molecular formula is C14H15FN2O2S. The Morgan fingerprint density at radius 3 is 2.80 bits per heavy atom. The molecule has 0 aliphatic heterocycles. The minimum absolute atomic E-state index is 0.0848. The molecule has 0 bridgehead atoms. The average molecular weight is 294 g/mol. The highest BCUT2D eigenvalue weighted by molar-refractivity contribution is 7.98. The molecule has 0 atom stereocenters. The Kier molecular flexibility index (Phi) is 4.44. The van der Waals surface area contributed by atoms with E-state index < -0.39 is 11.8 Å². The van der Waals surface area contributed by atoms with E-state index in [0.717, 1.165) is 5.69 Å². The number of aromatic nitrogens is 2. The number of carboxylic acid groups (broad SMARTS) is 1. The van der Waals surface area contributed by atoms with E-state index in [4.69, 9.17) is 5.11 Å². The van der Waals surface area contributed by atoms with Crippen molar-refractivity contribution >= 4 is 17.7 Å². The standard InChI is InChI=1S/C14H15FN2O2S/c1-9(2)17-6-5-11(16-17)8-20-13-7-10(14(18)19)3-4-12(13)15/h3-7,9H,8H2,1-2H3,(H,18,19). The van der Waals surface area contributed by atoms with Gasteiger partial charge in [0, 0.05) is 22.9 Å². The fourth-order valence-electron chi connectivity index (χ4n) is 1.64. The summed E-state index contributed by atoms with van der Waals surface area (Å²) < 4.78 is 15.5. The average Bonchev–Trinajstić information content (AvgIpc) is 2.86. The largest absolute Gasteiger partial charge is 0.478 e. The summed E-state index contributed by atoms with van der Waals surface area (Å²) >= 11 is 1.24. The summed E-state index contributed by atoms with van der Waals surface area (Å²) in [6, 6.07) is 5.95. The molecule has 6 heteroatoms. The highest BCUT2D eigenvalue weighted by atomic mass is 32.2. The number of nitrogens with zero attached hydrogens (tertiary/aromatic N) is 2. The first kappa shape index (κ1) is 14.6. The molecule has 1 N–H and O–H groups in total. The van der Waals surface area contributed by atoms with E-state index in [-0.39, 0.29) is 11.6 Å². The van der Waals surface area contributed by atoms with E-state index in [1.807, 2.05) is 30.8 Å². The fourth-order valence-corrected chi connectivity index (χ4v) is 2.51. The molecule has 0 radical (unpaired) electrons. The molecule has 1 aromatic heterocycles. The third kappa shape index (κ3) is 3.39. The van der Waals surface area contributed by atoms with Crippen LogP contribution < -0.4 is 0 Å². The normalized spacial score (nSPS) is 11.0. The number of benzene rings is 1. The van der Waals surface area contributed by atoms with Gasteiger partial charge in [0.2, 0.25) is 0 Å². The monoisotopic (exact) mass is 294 g/mol. The van der Waals surface area contributed by atoms with Gasteiger partial charge >= 0.3 is 5.97 Å². The van der Waals surface area contributed by atoms with Crippen LogP contribution in [0, 0.1) is 5.82 Å². The van der Waals surface area contributed by atoms with E-state index >= 15 is 0 Å². The third-order valence-corrected chi connectivity index (χ3v) is 3.81. The summed E-state index contributed by atoms with van der Waals surface area (Å²) in [6.07, 6.45) is 1.88. The molecule has 2 aromatic rings. The fraction of sp³-hybridized carbons (Fsp3) is 0.286. The highest BCUT2D eigenvalue weighted by Gasteiger charge is 2.10. The predicted molar refractivity (Wildman–Crippen MR) is 75.5 cm³/mol. The van der Waals surface area contributed by atoms with Crippen LogP contribution in [0.4, 0.5) is 4.39 Å². The lowest BCUT2D eigenvalue weighted by molar-refractivity contribution is 0.0696. The van der Waals surface area contributed by atoms with Gasteiger partial charge in [0.05, 0.1) is 11.3 Å². The first-order chi connectivity index (χ1) is 9.47. The molecule has 0 saturated heterocycles. The summed E-state index contributed by atoms with van der Waals surface area (Å²) in [5, 5.41) is 13.3. The van der Waals surface area contributed by atoms with Gasteiger partial charge in [-0.2, -0.15) is 5.10 Å². The van der Waals surface area contributed by atoms with E-state index in [0.29, 0.717) is 10.6 Å². The van der Waals surface area contributed by atoms with Crippen LogP contribution in [0.15, 0.2) is 35.4 Å². The molecule has 1 heterocycles. The Labute approximate surface area is 120 Å². The molecule has 2 rings (SSSR count). The molecule has 106 valence electrons. The van der Waals surface area contributed by atoms with Gasteiger partial charge in [0.25, 0.3) is 0 Å². The maximum atomic E-state index is 13.6. The predicted octanol–water partition coefficient (Wildman–Crippen LogP) is 3.59. The molecule has 0 saturated carbocycles. The van der Waals surface area contributed by atoms with Crippen LogP contribution in [0.25, 0.3) is 0 Å². The van der Waals surface area contributed by atoms with Gasteiger partial charge in [0.15, 0.2) is 0 Å².